The largest absolute Gasteiger partial charge is 0.350 e. The normalized spacial score (nSPS) is 22.4. The van der Waals surface area contributed by atoms with E-state index in [1.807, 2.05) is 11.8 Å². The number of carbonyl (C=O) groups is 1. The van der Waals surface area contributed by atoms with Gasteiger partial charge in [0.15, 0.2) is 0 Å². The zero-order valence-corrected chi connectivity index (χ0v) is 14.1. The Morgan fingerprint density at radius 2 is 2.35 bits per heavy atom. The maximum absolute atomic E-state index is 12.0. The molecule has 1 aromatic heterocycles. The van der Waals surface area contributed by atoms with Crippen molar-refractivity contribution in [3.8, 4) is 0 Å². The van der Waals surface area contributed by atoms with E-state index in [0.29, 0.717) is 19.1 Å². The number of thioether (sulfide) groups is 1. The lowest BCUT2D eigenvalue weighted by atomic mass is 10.2. The van der Waals surface area contributed by atoms with Crippen LogP contribution < -0.4 is 5.32 Å². The van der Waals surface area contributed by atoms with E-state index in [-0.39, 0.29) is 5.91 Å². The van der Waals surface area contributed by atoms with Gasteiger partial charge in [0.05, 0.1) is 13.1 Å². The van der Waals surface area contributed by atoms with Gasteiger partial charge in [-0.15, -0.1) is 11.3 Å². The molecule has 2 rings (SSSR count). The molecular weight excluding hydrogens is 288 g/mol. The standard InChI is InChI=1S/C15H24N2OS2/c1-11-6-7-20-14(11)9-16-15(18)10-17(2)12-4-5-13(8-12)19-3/h6-7,12-13H,4-5,8-10H2,1-3H3,(H,16,18). The van der Waals surface area contributed by atoms with Gasteiger partial charge in [-0.2, -0.15) is 11.8 Å². The SMILES string of the molecule is CSC1CCC(N(C)CC(=O)NCc2sccc2C)C1. The molecule has 0 aromatic carbocycles. The highest BCUT2D eigenvalue weighted by molar-refractivity contribution is 7.99. The first kappa shape index (κ1) is 15.9. The number of rotatable bonds is 6. The zero-order valence-electron chi connectivity index (χ0n) is 12.5. The molecular formula is C15H24N2OS2. The smallest absolute Gasteiger partial charge is 0.234 e. The molecule has 2 atom stereocenters. The van der Waals surface area contributed by atoms with Gasteiger partial charge in [-0.05, 0) is 56.5 Å². The topological polar surface area (TPSA) is 32.3 Å². The summed E-state index contributed by atoms with van der Waals surface area (Å²) in [5.41, 5.74) is 1.27. The quantitative estimate of drug-likeness (QED) is 0.876. The third-order valence-electron chi connectivity index (χ3n) is 4.12. The molecule has 0 bridgehead atoms. The predicted octanol–water partition coefficient (Wildman–Crippen LogP) is 2.89. The summed E-state index contributed by atoms with van der Waals surface area (Å²) in [6.45, 7) is 3.26. The maximum atomic E-state index is 12.0. The van der Waals surface area contributed by atoms with Crippen LogP contribution in [0.2, 0.25) is 0 Å². The molecule has 112 valence electrons. The number of amides is 1. The van der Waals surface area contributed by atoms with Crippen LogP contribution in [0, 0.1) is 6.92 Å². The van der Waals surface area contributed by atoms with Crippen molar-refractivity contribution in [2.45, 2.75) is 44.0 Å². The highest BCUT2D eigenvalue weighted by atomic mass is 32.2. The van der Waals surface area contributed by atoms with Crippen molar-refractivity contribution in [1.82, 2.24) is 10.2 Å². The van der Waals surface area contributed by atoms with E-state index in [4.69, 9.17) is 0 Å². The number of carbonyl (C=O) groups excluding carboxylic acids is 1. The molecule has 1 aliphatic rings. The molecule has 0 radical (unpaired) electrons. The number of hydrogen-bond donors (Lipinski definition) is 1. The molecule has 20 heavy (non-hydrogen) atoms. The fourth-order valence-electron chi connectivity index (χ4n) is 2.71. The Balaban J connectivity index is 1.73. The molecule has 1 saturated carbocycles. The third kappa shape index (κ3) is 4.24. The van der Waals surface area contributed by atoms with Gasteiger partial charge >= 0.3 is 0 Å². The Morgan fingerprint density at radius 1 is 1.55 bits per heavy atom. The molecule has 1 aromatic rings. The van der Waals surface area contributed by atoms with Crippen LogP contribution >= 0.6 is 23.1 Å². The minimum absolute atomic E-state index is 0.132. The van der Waals surface area contributed by atoms with Crippen LogP contribution in [-0.2, 0) is 11.3 Å². The van der Waals surface area contributed by atoms with Crippen molar-refractivity contribution < 1.29 is 4.79 Å². The zero-order chi connectivity index (χ0) is 14.5. The molecule has 2 unspecified atom stereocenters. The van der Waals surface area contributed by atoms with Gasteiger partial charge < -0.3 is 5.32 Å². The van der Waals surface area contributed by atoms with Gasteiger partial charge in [0, 0.05) is 16.2 Å². The van der Waals surface area contributed by atoms with Gasteiger partial charge in [0.25, 0.3) is 0 Å². The summed E-state index contributed by atoms with van der Waals surface area (Å²) < 4.78 is 0. The van der Waals surface area contributed by atoms with Crippen LogP contribution in [0.25, 0.3) is 0 Å². The maximum Gasteiger partial charge on any atom is 0.234 e. The molecule has 1 aliphatic carbocycles. The molecule has 1 amide bonds. The summed E-state index contributed by atoms with van der Waals surface area (Å²) >= 11 is 3.66. The van der Waals surface area contributed by atoms with Gasteiger partial charge in [-0.1, -0.05) is 0 Å². The Kier molecular flexibility index (Phi) is 5.93. The Morgan fingerprint density at radius 3 is 2.95 bits per heavy atom. The highest BCUT2D eigenvalue weighted by Gasteiger charge is 2.27. The first-order chi connectivity index (χ1) is 9.60. The van der Waals surface area contributed by atoms with E-state index in [1.54, 1.807) is 11.3 Å². The highest BCUT2D eigenvalue weighted by Crippen LogP contribution is 2.30. The van der Waals surface area contributed by atoms with Gasteiger partial charge in [0.1, 0.15) is 0 Å². The Labute approximate surface area is 130 Å². The van der Waals surface area contributed by atoms with Gasteiger partial charge in [-0.25, -0.2) is 0 Å². The Hall–Kier alpha value is -0.520. The summed E-state index contributed by atoms with van der Waals surface area (Å²) in [5.74, 6) is 0.132. The summed E-state index contributed by atoms with van der Waals surface area (Å²) in [5, 5.41) is 5.88. The minimum atomic E-state index is 0.132. The molecule has 1 fully saturated rings. The second-order valence-electron chi connectivity index (χ2n) is 5.54. The van der Waals surface area contributed by atoms with Crippen LogP contribution in [0.5, 0.6) is 0 Å². The molecule has 0 spiro atoms. The predicted molar refractivity (Wildman–Crippen MR) is 88.5 cm³/mol. The molecule has 1 heterocycles. The van der Waals surface area contributed by atoms with Gasteiger partial charge in [0.2, 0.25) is 5.91 Å². The van der Waals surface area contributed by atoms with Crippen LogP contribution in [-0.4, -0.2) is 41.9 Å². The average Bonchev–Trinajstić information content (AvgIpc) is 3.05. The fraction of sp³-hybridized carbons (Fsp3) is 0.667. The van der Waals surface area contributed by atoms with E-state index >= 15 is 0 Å². The average molecular weight is 313 g/mol. The van der Waals surface area contributed by atoms with E-state index in [1.165, 1.54) is 29.7 Å². The summed E-state index contributed by atoms with van der Waals surface area (Å²) in [6.07, 6.45) is 5.91. The van der Waals surface area contributed by atoms with E-state index in [9.17, 15) is 4.79 Å². The van der Waals surface area contributed by atoms with E-state index in [0.717, 1.165) is 5.25 Å². The van der Waals surface area contributed by atoms with Crippen LogP contribution in [0.4, 0.5) is 0 Å². The van der Waals surface area contributed by atoms with Crippen molar-refractivity contribution in [2.24, 2.45) is 0 Å². The number of hydrogen-bond acceptors (Lipinski definition) is 4. The number of thiophene rings is 1. The molecule has 3 nitrogen and oxygen atoms in total. The van der Waals surface area contributed by atoms with Crippen LogP contribution in [0.15, 0.2) is 11.4 Å². The first-order valence-electron chi connectivity index (χ1n) is 7.13. The molecule has 0 aliphatic heterocycles. The van der Waals surface area contributed by atoms with E-state index in [2.05, 4.69) is 41.9 Å². The van der Waals surface area contributed by atoms with Crippen LogP contribution in [0.1, 0.15) is 29.7 Å². The number of nitrogens with one attached hydrogen (secondary N) is 1. The lowest BCUT2D eigenvalue weighted by Gasteiger charge is -2.23. The summed E-state index contributed by atoms with van der Waals surface area (Å²) in [7, 11) is 2.07. The summed E-state index contributed by atoms with van der Waals surface area (Å²) in [4.78, 5) is 15.5. The van der Waals surface area contributed by atoms with E-state index < -0.39 is 0 Å². The summed E-state index contributed by atoms with van der Waals surface area (Å²) in [6, 6.07) is 2.67. The van der Waals surface area contributed by atoms with Crippen molar-refractivity contribution >= 4 is 29.0 Å². The monoisotopic (exact) mass is 312 g/mol. The van der Waals surface area contributed by atoms with Crippen molar-refractivity contribution in [1.29, 1.82) is 0 Å². The lowest BCUT2D eigenvalue weighted by Crippen LogP contribution is -2.39. The lowest BCUT2D eigenvalue weighted by molar-refractivity contribution is -0.122. The number of nitrogens with zero attached hydrogens (tertiary/aromatic N) is 1. The number of likely N-dealkylation sites (N-methyl/N-ethyl adjacent to an activating group) is 1. The minimum Gasteiger partial charge on any atom is -0.350 e. The van der Waals surface area contributed by atoms with Crippen molar-refractivity contribution in [3.63, 3.8) is 0 Å². The fourth-order valence-corrected chi connectivity index (χ4v) is 4.34. The van der Waals surface area contributed by atoms with Crippen LogP contribution in [0.3, 0.4) is 0 Å². The second-order valence-corrected chi connectivity index (χ2v) is 7.68. The number of aryl methyl sites for hydroxylation is 1. The van der Waals surface area contributed by atoms with Crippen molar-refractivity contribution in [2.75, 3.05) is 19.8 Å². The molecule has 0 saturated heterocycles. The van der Waals surface area contributed by atoms with Gasteiger partial charge in [-0.3, -0.25) is 9.69 Å². The molecule has 5 heteroatoms. The third-order valence-corrected chi connectivity index (χ3v) is 6.24. The molecule has 1 N–H and O–H groups in total. The second kappa shape index (κ2) is 7.48. The first-order valence-corrected chi connectivity index (χ1v) is 9.29. The van der Waals surface area contributed by atoms with Crippen molar-refractivity contribution in [3.05, 3.63) is 21.9 Å². The Bertz CT molecular complexity index is 447.